The van der Waals surface area contributed by atoms with Crippen molar-refractivity contribution in [2.75, 3.05) is 13.1 Å². The average Bonchev–Trinajstić information content (AvgIpc) is 2.25. The summed E-state index contributed by atoms with van der Waals surface area (Å²) in [6, 6.07) is 9.09. The number of alkyl halides is 1. The van der Waals surface area contributed by atoms with Crippen molar-refractivity contribution in [2.24, 2.45) is 5.92 Å². The highest BCUT2D eigenvalue weighted by Gasteiger charge is 2.46. The van der Waals surface area contributed by atoms with Crippen LogP contribution in [0.5, 0.6) is 0 Å². The van der Waals surface area contributed by atoms with Crippen molar-refractivity contribution in [3.63, 3.8) is 0 Å². The summed E-state index contributed by atoms with van der Waals surface area (Å²) in [4.78, 5) is 13.3. The fraction of sp³-hybridized carbons (Fsp3) is 0.500. The Kier molecular flexibility index (Phi) is 3.18. The molecule has 17 heavy (non-hydrogen) atoms. The van der Waals surface area contributed by atoms with E-state index in [0.29, 0.717) is 17.9 Å². The first-order valence-electron chi connectivity index (χ1n) is 6.03. The number of carbonyl (C=O) groups excluding carboxylic acids is 1. The standard InChI is InChI=1S/C14H18FNO/c1-11(2)8-13(17)16-9-14(15,10-16)12-6-4-3-5-7-12/h3-7,11H,8-10H2,1-2H3. The van der Waals surface area contributed by atoms with E-state index in [9.17, 15) is 9.18 Å². The topological polar surface area (TPSA) is 20.3 Å². The second kappa shape index (κ2) is 4.47. The monoisotopic (exact) mass is 235 g/mol. The zero-order valence-corrected chi connectivity index (χ0v) is 10.3. The first kappa shape index (κ1) is 12.1. The second-order valence-electron chi connectivity index (χ2n) is 5.18. The van der Waals surface area contributed by atoms with Crippen LogP contribution >= 0.6 is 0 Å². The van der Waals surface area contributed by atoms with Crippen LogP contribution in [0.2, 0.25) is 0 Å². The zero-order chi connectivity index (χ0) is 12.5. The van der Waals surface area contributed by atoms with E-state index in [1.54, 1.807) is 17.0 Å². The Balaban J connectivity index is 1.96. The predicted molar refractivity (Wildman–Crippen MR) is 65.3 cm³/mol. The molecule has 0 radical (unpaired) electrons. The largest absolute Gasteiger partial charge is 0.335 e. The summed E-state index contributed by atoms with van der Waals surface area (Å²) >= 11 is 0. The van der Waals surface area contributed by atoms with Crippen LogP contribution in [0.3, 0.4) is 0 Å². The molecule has 2 rings (SSSR count). The van der Waals surface area contributed by atoms with E-state index in [1.165, 1.54) is 0 Å². The predicted octanol–water partition coefficient (Wildman–Crippen LogP) is 2.74. The van der Waals surface area contributed by atoms with Gasteiger partial charge >= 0.3 is 0 Å². The number of carbonyl (C=O) groups is 1. The minimum absolute atomic E-state index is 0.0595. The summed E-state index contributed by atoms with van der Waals surface area (Å²) in [7, 11) is 0. The maximum absolute atomic E-state index is 14.4. The highest BCUT2D eigenvalue weighted by atomic mass is 19.1. The summed E-state index contributed by atoms with van der Waals surface area (Å²) in [6.45, 7) is 4.39. The van der Waals surface area contributed by atoms with Crippen molar-refractivity contribution in [3.8, 4) is 0 Å². The number of benzene rings is 1. The van der Waals surface area contributed by atoms with Gasteiger partial charge in [-0.1, -0.05) is 44.2 Å². The van der Waals surface area contributed by atoms with Gasteiger partial charge in [0.15, 0.2) is 5.67 Å². The first-order valence-corrected chi connectivity index (χ1v) is 6.03. The first-order chi connectivity index (χ1) is 8.01. The van der Waals surface area contributed by atoms with Gasteiger partial charge < -0.3 is 4.90 Å². The van der Waals surface area contributed by atoms with Crippen LogP contribution in [-0.4, -0.2) is 23.9 Å². The Morgan fingerprint density at radius 1 is 1.35 bits per heavy atom. The zero-order valence-electron chi connectivity index (χ0n) is 10.3. The Hall–Kier alpha value is -1.38. The molecule has 1 aliphatic heterocycles. The van der Waals surface area contributed by atoms with Crippen LogP contribution in [0.25, 0.3) is 0 Å². The molecule has 1 aliphatic rings. The van der Waals surface area contributed by atoms with Gasteiger partial charge in [0.05, 0.1) is 13.1 Å². The fourth-order valence-corrected chi connectivity index (χ4v) is 2.13. The summed E-state index contributed by atoms with van der Waals surface area (Å²) in [6.07, 6.45) is 0.505. The summed E-state index contributed by atoms with van der Waals surface area (Å²) in [5.74, 6) is 0.387. The van der Waals surface area contributed by atoms with Crippen molar-refractivity contribution in [1.82, 2.24) is 4.90 Å². The van der Waals surface area contributed by atoms with Gasteiger partial charge in [0.1, 0.15) is 0 Å². The highest BCUT2D eigenvalue weighted by Crippen LogP contribution is 2.36. The Morgan fingerprint density at radius 3 is 2.47 bits per heavy atom. The van der Waals surface area contributed by atoms with E-state index >= 15 is 0 Å². The number of rotatable bonds is 3. The Labute approximate surface area is 101 Å². The smallest absolute Gasteiger partial charge is 0.223 e. The number of hydrogen-bond acceptors (Lipinski definition) is 1. The van der Waals surface area contributed by atoms with Crippen LogP contribution in [-0.2, 0) is 10.5 Å². The molecule has 0 aliphatic carbocycles. The van der Waals surface area contributed by atoms with Gasteiger partial charge in [0.25, 0.3) is 0 Å². The lowest BCUT2D eigenvalue weighted by Gasteiger charge is -2.45. The molecule has 0 unspecified atom stereocenters. The van der Waals surface area contributed by atoms with Gasteiger partial charge in [-0.15, -0.1) is 0 Å². The normalized spacial score (nSPS) is 18.0. The Bertz CT molecular complexity index is 396. The molecule has 1 fully saturated rings. The van der Waals surface area contributed by atoms with Gasteiger partial charge in [-0.3, -0.25) is 4.79 Å². The van der Waals surface area contributed by atoms with E-state index < -0.39 is 5.67 Å². The van der Waals surface area contributed by atoms with E-state index in [1.807, 2.05) is 32.0 Å². The average molecular weight is 235 g/mol. The molecule has 1 aromatic rings. The molecule has 1 aromatic carbocycles. The third kappa shape index (κ3) is 2.48. The van der Waals surface area contributed by atoms with E-state index in [0.717, 1.165) is 0 Å². The molecular formula is C14H18FNO. The molecule has 1 amide bonds. The van der Waals surface area contributed by atoms with Gasteiger partial charge in [0.2, 0.25) is 5.91 Å². The summed E-state index contributed by atoms with van der Waals surface area (Å²) in [5.41, 5.74) is -0.665. The van der Waals surface area contributed by atoms with Crippen LogP contribution in [0, 0.1) is 5.92 Å². The molecule has 3 heteroatoms. The van der Waals surface area contributed by atoms with Crippen LogP contribution in [0.1, 0.15) is 25.8 Å². The molecular weight excluding hydrogens is 217 g/mol. The van der Waals surface area contributed by atoms with Crippen LogP contribution < -0.4 is 0 Å². The third-order valence-corrected chi connectivity index (χ3v) is 3.11. The lowest BCUT2D eigenvalue weighted by Crippen LogP contribution is -2.58. The molecule has 0 aromatic heterocycles. The number of hydrogen-bond donors (Lipinski definition) is 0. The summed E-state index contributed by atoms with van der Waals surface area (Å²) < 4.78 is 14.4. The molecule has 0 bridgehead atoms. The molecule has 2 nitrogen and oxygen atoms in total. The number of halogens is 1. The van der Waals surface area contributed by atoms with E-state index in [4.69, 9.17) is 0 Å². The fourth-order valence-electron chi connectivity index (χ4n) is 2.13. The minimum atomic E-state index is -1.34. The molecule has 0 atom stereocenters. The minimum Gasteiger partial charge on any atom is -0.335 e. The maximum Gasteiger partial charge on any atom is 0.223 e. The quantitative estimate of drug-likeness (QED) is 0.789. The lowest BCUT2D eigenvalue weighted by atomic mass is 9.87. The van der Waals surface area contributed by atoms with E-state index in [2.05, 4.69) is 0 Å². The van der Waals surface area contributed by atoms with Gasteiger partial charge in [-0.05, 0) is 11.5 Å². The number of likely N-dealkylation sites (tertiary alicyclic amines) is 1. The number of amides is 1. The number of nitrogens with zero attached hydrogens (tertiary/aromatic N) is 1. The van der Waals surface area contributed by atoms with Crippen molar-refractivity contribution in [1.29, 1.82) is 0 Å². The van der Waals surface area contributed by atoms with Crippen LogP contribution in [0.15, 0.2) is 30.3 Å². The van der Waals surface area contributed by atoms with Crippen molar-refractivity contribution in [2.45, 2.75) is 25.9 Å². The highest BCUT2D eigenvalue weighted by molar-refractivity contribution is 5.77. The molecule has 0 spiro atoms. The van der Waals surface area contributed by atoms with E-state index in [-0.39, 0.29) is 19.0 Å². The van der Waals surface area contributed by atoms with Crippen molar-refractivity contribution in [3.05, 3.63) is 35.9 Å². The molecule has 1 saturated heterocycles. The van der Waals surface area contributed by atoms with Crippen LogP contribution in [0.4, 0.5) is 4.39 Å². The van der Waals surface area contributed by atoms with Crippen molar-refractivity contribution < 1.29 is 9.18 Å². The molecule has 0 N–H and O–H groups in total. The van der Waals surface area contributed by atoms with Gasteiger partial charge in [0, 0.05) is 6.42 Å². The molecule has 92 valence electrons. The second-order valence-corrected chi connectivity index (χ2v) is 5.18. The van der Waals surface area contributed by atoms with Gasteiger partial charge in [-0.25, -0.2) is 4.39 Å². The SMILES string of the molecule is CC(C)CC(=O)N1CC(F)(c2ccccc2)C1. The third-order valence-electron chi connectivity index (χ3n) is 3.11. The molecule has 0 saturated carbocycles. The Morgan fingerprint density at radius 2 is 1.94 bits per heavy atom. The lowest BCUT2D eigenvalue weighted by molar-refractivity contribution is -0.147. The molecule has 1 heterocycles. The maximum atomic E-state index is 14.4. The van der Waals surface area contributed by atoms with Gasteiger partial charge in [-0.2, -0.15) is 0 Å². The summed E-state index contributed by atoms with van der Waals surface area (Å²) in [5, 5.41) is 0. The van der Waals surface area contributed by atoms with Crippen molar-refractivity contribution >= 4 is 5.91 Å².